The van der Waals surface area contributed by atoms with Crippen LogP contribution in [0, 0.1) is 56.2 Å². The molecule has 0 bridgehead atoms. The predicted molar refractivity (Wildman–Crippen MR) is 245 cm³/mol. The van der Waals surface area contributed by atoms with Crippen molar-refractivity contribution in [3.05, 3.63) is 46.0 Å². The number of hydrogen-bond donors (Lipinski definition) is 1. The fourth-order valence-corrected chi connectivity index (χ4v) is 14.3. The third-order valence-electron chi connectivity index (χ3n) is 17.5. The summed E-state index contributed by atoms with van der Waals surface area (Å²) < 4.78 is 12.0. The Hall–Kier alpha value is -2.26. The number of aliphatic hydroxyl groups is 1. The molecule has 8 nitrogen and oxygen atoms in total. The van der Waals surface area contributed by atoms with Gasteiger partial charge in [0.2, 0.25) is 0 Å². The number of carbonyl (C=O) groups excluding carboxylic acids is 3. The Labute approximate surface area is 374 Å². The van der Waals surface area contributed by atoms with E-state index in [1.165, 1.54) is 5.57 Å². The summed E-state index contributed by atoms with van der Waals surface area (Å²) in [5.41, 5.74) is 1.16. The van der Waals surface area contributed by atoms with Crippen LogP contribution in [0.1, 0.15) is 153 Å². The molecule has 0 aliphatic heterocycles. The molecule has 0 aromatic heterocycles. The lowest BCUT2D eigenvalue weighted by Crippen LogP contribution is -2.66. The van der Waals surface area contributed by atoms with Gasteiger partial charge in [0, 0.05) is 48.5 Å². The number of ether oxygens (including phenoxy) is 2. The number of allylic oxidation sites excluding steroid dienone is 1. The van der Waals surface area contributed by atoms with Gasteiger partial charge in [-0.3, -0.25) is 19.3 Å². The Morgan fingerprint density at radius 1 is 0.869 bits per heavy atom. The van der Waals surface area contributed by atoms with Crippen molar-refractivity contribution in [3.8, 4) is 0 Å². The number of esters is 2. The van der Waals surface area contributed by atoms with E-state index in [0.717, 1.165) is 75.6 Å². The predicted octanol–water partition coefficient (Wildman–Crippen LogP) is 10.7. The van der Waals surface area contributed by atoms with Crippen LogP contribution in [0.5, 0.6) is 0 Å². The minimum Gasteiger partial charge on any atom is -0.462 e. The summed E-state index contributed by atoms with van der Waals surface area (Å²) in [6.07, 6.45) is 7.41. The van der Waals surface area contributed by atoms with Crippen LogP contribution in [-0.4, -0.2) is 84.2 Å². The number of carbonyl (C=O) groups is 3. The maximum atomic E-state index is 14.4. The van der Waals surface area contributed by atoms with Gasteiger partial charge in [-0.25, -0.2) is 0 Å². The molecule has 1 aromatic rings. The second-order valence-electron chi connectivity index (χ2n) is 23.9. The normalized spacial score (nSPS) is 34.2. The summed E-state index contributed by atoms with van der Waals surface area (Å²) in [6.45, 7) is 28.7. The largest absolute Gasteiger partial charge is 0.462 e. The van der Waals surface area contributed by atoms with Crippen molar-refractivity contribution in [1.29, 1.82) is 0 Å². The molecule has 0 spiro atoms. The molecule has 9 unspecified atom stereocenters. The Balaban J connectivity index is 1.25. The molecule has 5 aliphatic rings. The maximum absolute atomic E-state index is 14.4. The van der Waals surface area contributed by atoms with Gasteiger partial charge in [0.05, 0.1) is 17.9 Å². The molecule has 9 heteroatoms. The summed E-state index contributed by atoms with van der Waals surface area (Å²) in [4.78, 5) is 45.6. The first kappa shape index (κ1) is 48.2. The number of halogens is 1. The number of likely N-dealkylation sites (N-methyl/N-ethyl adjacent to an activating group) is 1. The van der Waals surface area contributed by atoms with Crippen LogP contribution in [0.2, 0.25) is 5.02 Å². The van der Waals surface area contributed by atoms with Gasteiger partial charge >= 0.3 is 11.9 Å². The van der Waals surface area contributed by atoms with Crippen molar-refractivity contribution < 1.29 is 29.0 Å². The third kappa shape index (κ3) is 8.80. The van der Waals surface area contributed by atoms with Crippen LogP contribution >= 0.6 is 11.6 Å². The molecule has 0 amide bonds. The lowest BCUT2D eigenvalue weighted by Gasteiger charge is -2.72. The number of nitrogens with zero attached hydrogens (tertiary/aromatic N) is 2. The van der Waals surface area contributed by atoms with E-state index < -0.39 is 22.5 Å². The van der Waals surface area contributed by atoms with Crippen LogP contribution in [0.25, 0.3) is 0 Å². The zero-order chi connectivity index (χ0) is 45.3. The monoisotopic (exact) mass is 865 g/mol. The highest BCUT2D eigenvalue weighted by Gasteiger charge is 2.71. The number of ketones is 1. The first-order chi connectivity index (χ1) is 28.1. The molecule has 6 rings (SSSR count). The topological polar surface area (TPSA) is 96.4 Å². The van der Waals surface area contributed by atoms with Crippen LogP contribution in [0.4, 0.5) is 0 Å². The van der Waals surface area contributed by atoms with Crippen LogP contribution < -0.4 is 0 Å². The summed E-state index contributed by atoms with van der Waals surface area (Å²) in [6, 6.07) is 8.03. The van der Waals surface area contributed by atoms with Gasteiger partial charge in [0.15, 0.2) is 5.78 Å². The van der Waals surface area contributed by atoms with E-state index in [-0.39, 0.29) is 63.7 Å². The number of hydrogen-bond acceptors (Lipinski definition) is 8. The SMILES string of the molecule is CC(C)C1=C2C3CCC4C5(C)CCC(OC(=O)CC(C)(C)C(=O)OC(C)(C)C)C(C)(C)C5CCC4(C)C3(C)CCC2(C(O)CN(CCN(C)C)Cc2ccc(Cl)cc2)CC1=O. The fraction of sp³-hybridized carbons (Fsp3) is 0.788. The lowest BCUT2D eigenvalue weighted by molar-refractivity contribution is -0.235. The molecule has 5 aliphatic carbocycles. The Bertz CT molecular complexity index is 1850. The quantitative estimate of drug-likeness (QED) is 0.196. The van der Waals surface area contributed by atoms with E-state index in [1.807, 2.05) is 32.9 Å². The van der Waals surface area contributed by atoms with Crippen LogP contribution in [-0.2, 0) is 30.4 Å². The summed E-state index contributed by atoms with van der Waals surface area (Å²) in [5.74, 6) is 0.743. The summed E-state index contributed by atoms with van der Waals surface area (Å²) in [7, 11) is 4.18. The molecular weight excluding hydrogens is 784 g/mol. The lowest BCUT2D eigenvalue weighted by atomic mass is 9.33. The molecule has 61 heavy (non-hydrogen) atoms. The number of benzene rings is 1. The van der Waals surface area contributed by atoms with Gasteiger partial charge in [-0.1, -0.05) is 77.8 Å². The standard InChI is InChI=1S/C52H81ClN2O6/c1-33(2)43-37(56)29-52(40(57)32-55(28-27-54(13)14)31-34-15-17-35(53)18-16-34)26-25-50(11)36(44(43)52)19-20-39-49(10)23-22-41(48(8,9)38(49)21-24-51(39,50)12)60-42(58)30-47(6,7)45(59)61-46(3,4)5/h15-18,33,36,38-41,57H,19-32H2,1-14H3. The van der Waals surface area contributed by atoms with E-state index >= 15 is 0 Å². The highest BCUT2D eigenvalue weighted by molar-refractivity contribution is 6.30. The van der Waals surface area contributed by atoms with Crippen LogP contribution in [0.3, 0.4) is 0 Å². The Morgan fingerprint density at radius 3 is 2.13 bits per heavy atom. The highest BCUT2D eigenvalue weighted by Crippen LogP contribution is 2.77. The first-order valence-corrected chi connectivity index (χ1v) is 24.0. The average Bonchev–Trinajstić information content (AvgIpc) is 3.45. The molecule has 0 radical (unpaired) electrons. The number of aliphatic hydroxyl groups excluding tert-OH is 1. The van der Waals surface area contributed by atoms with Gasteiger partial charge < -0.3 is 19.5 Å². The minimum atomic E-state index is -0.982. The number of Topliss-reactive ketones (excluding diaryl/α,β-unsaturated/α-hetero) is 1. The molecule has 1 aromatic carbocycles. The number of rotatable bonds is 13. The van der Waals surface area contributed by atoms with E-state index in [0.29, 0.717) is 36.4 Å². The van der Waals surface area contributed by atoms with Gasteiger partial charge in [-0.15, -0.1) is 0 Å². The molecule has 4 saturated carbocycles. The molecule has 0 heterocycles. The van der Waals surface area contributed by atoms with Gasteiger partial charge in [-0.05, 0) is 163 Å². The number of fused-ring (bicyclic) bond motifs is 7. The second-order valence-corrected chi connectivity index (χ2v) is 24.4. The second kappa shape index (κ2) is 16.9. The van der Waals surface area contributed by atoms with Gasteiger partial charge in [0.1, 0.15) is 11.7 Å². The minimum absolute atomic E-state index is 0.0137. The maximum Gasteiger partial charge on any atom is 0.312 e. The fourth-order valence-electron chi connectivity index (χ4n) is 14.2. The zero-order valence-electron chi connectivity index (χ0n) is 40.4. The smallest absolute Gasteiger partial charge is 0.312 e. The van der Waals surface area contributed by atoms with Gasteiger partial charge in [-0.2, -0.15) is 0 Å². The first-order valence-electron chi connectivity index (χ1n) is 23.6. The third-order valence-corrected chi connectivity index (χ3v) is 17.7. The van der Waals surface area contributed by atoms with Crippen molar-refractivity contribution in [2.75, 3.05) is 33.7 Å². The molecular formula is C52H81ClN2O6. The van der Waals surface area contributed by atoms with Crippen molar-refractivity contribution in [3.63, 3.8) is 0 Å². The van der Waals surface area contributed by atoms with Crippen molar-refractivity contribution in [2.24, 2.45) is 56.2 Å². The van der Waals surface area contributed by atoms with Crippen LogP contribution in [0.15, 0.2) is 35.4 Å². The summed E-state index contributed by atoms with van der Waals surface area (Å²) in [5, 5.41) is 13.5. The molecule has 0 saturated heterocycles. The van der Waals surface area contributed by atoms with Crippen molar-refractivity contribution in [2.45, 2.75) is 172 Å². The Morgan fingerprint density at radius 2 is 1.52 bits per heavy atom. The molecule has 9 atom stereocenters. The zero-order valence-corrected chi connectivity index (χ0v) is 41.2. The van der Waals surface area contributed by atoms with Gasteiger partial charge in [0.25, 0.3) is 0 Å². The Kier molecular flexibility index (Phi) is 13.4. The average molecular weight is 866 g/mol. The van der Waals surface area contributed by atoms with E-state index in [1.54, 1.807) is 13.8 Å². The van der Waals surface area contributed by atoms with Crippen molar-refractivity contribution in [1.82, 2.24) is 9.80 Å². The van der Waals surface area contributed by atoms with Crippen molar-refractivity contribution >= 4 is 29.3 Å². The van der Waals surface area contributed by atoms with E-state index in [4.69, 9.17) is 21.1 Å². The highest BCUT2D eigenvalue weighted by atomic mass is 35.5. The summed E-state index contributed by atoms with van der Waals surface area (Å²) >= 11 is 6.26. The molecule has 4 fully saturated rings. The molecule has 1 N–H and O–H groups in total. The van der Waals surface area contributed by atoms with E-state index in [9.17, 15) is 19.5 Å². The molecule has 342 valence electrons. The van der Waals surface area contributed by atoms with E-state index in [2.05, 4.69) is 84.5 Å².